The molecule has 0 aromatic heterocycles. The number of rotatable bonds is 1. The summed E-state index contributed by atoms with van der Waals surface area (Å²) >= 11 is 0. The minimum Gasteiger partial charge on any atom is -0.391 e. The maximum absolute atomic E-state index is 9.29. The zero-order valence-electron chi connectivity index (χ0n) is 7.11. The van der Waals surface area contributed by atoms with Crippen molar-refractivity contribution in [2.75, 3.05) is 0 Å². The van der Waals surface area contributed by atoms with Crippen LogP contribution in [0.15, 0.2) is 0 Å². The Kier molecular flexibility index (Phi) is 3.23. The Bertz CT molecular complexity index is 172. The van der Waals surface area contributed by atoms with Crippen molar-refractivity contribution < 1.29 is 30.3 Å². The van der Waals surface area contributed by atoms with Gasteiger partial charge in [-0.05, 0) is 6.92 Å². The zero-order valence-corrected chi connectivity index (χ0v) is 7.11. The molecule has 1 saturated heterocycles. The summed E-state index contributed by atoms with van der Waals surface area (Å²) in [4.78, 5) is 0. The molecule has 1 aliphatic rings. The van der Waals surface area contributed by atoms with Crippen molar-refractivity contribution in [1.82, 2.24) is 0 Å². The highest BCUT2D eigenvalue weighted by atomic mass is 16.6. The molecule has 1 fully saturated rings. The van der Waals surface area contributed by atoms with Crippen LogP contribution in [0.25, 0.3) is 0 Å². The van der Waals surface area contributed by atoms with Crippen LogP contribution in [0.1, 0.15) is 6.92 Å². The van der Waals surface area contributed by atoms with E-state index in [1.165, 1.54) is 6.92 Å². The molecule has 0 spiro atoms. The highest BCUT2D eigenvalue weighted by Crippen LogP contribution is 2.21. The highest BCUT2D eigenvalue weighted by Gasteiger charge is 2.44. The normalized spacial score (nSPS) is 48.9. The number of hydrogen-bond donors (Lipinski definition) is 5. The first-order valence-corrected chi connectivity index (χ1v) is 4.01. The van der Waals surface area contributed by atoms with E-state index in [4.69, 9.17) is 15.3 Å². The second kappa shape index (κ2) is 3.87. The molecule has 0 radical (unpaired) electrons. The van der Waals surface area contributed by atoms with Crippen LogP contribution in [0.3, 0.4) is 0 Å². The molecule has 6 heteroatoms. The molecule has 13 heavy (non-hydrogen) atoms. The summed E-state index contributed by atoms with van der Waals surface area (Å²) in [5.41, 5.74) is 0. The predicted octanol–water partition coefficient (Wildman–Crippen LogP) is -2.83. The first-order valence-electron chi connectivity index (χ1n) is 4.01. The van der Waals surface area contributed by atoms with Gasteiger partial charge in [0.05, 0.1) is 6.10 Å². The summed E-state index contributed by atoms with van der Waals surface area (Å²) in [6, 6.07) is 0. The molecule has 1 heterocycles. The van der Waals surface area contributed by atoms with Crippen LogP contribution in [0.4, 0.5) is 0 Å². The molecule has 0 saturated carbocycles. The molecule has 78 valence electrons. The first-order chi connectivity index (χ1) is 5.95. The summed E-state index contributed by atoms with van der Waals surface area (Å²) in [6.45, 7) is 1.35. The monoisotopic (exact) mass is 194 g/mol. The molecule has 0 aromatic carbocycles. The predicted molar refractivity (Wildman–Crippen MR) is 40.6 cm³/mol. The third kappa shape index (κ3) is 1.98. The standard InChI is InChI=1S/C7H14O6/c1-2(8)6-4(10)3(9)5(11)7(12)13-6/h2-12H,1H3/t2-,3+,4-,5?,6?,7?/m1/s1. The van der Waals surface area contributed by atoms with Crippen molar-refractivity contribution >= 4 is 0 Å². The van der Waals surface area contributed by atoms with Crippen LogP contribution in [-0.4, -0.2) is 62.3 Å². The van der Waals surface area contributed by atoms with E-state index in [-0.39, 0.29) is 0 Å². The van der Waals surface area contributed by atoms with Crippen LogP contribution in [0.2, 0.25) is 0 Å². The lowest BCUT2D eigenvalue weighted by atomic mass is 9.96. The van der Waals surface area contributed by atoms with E-state index in [0.717, 1.165) is 0 Å². The van der Waals surface area contributed by atoms with Gasteiger partial charge in [0.15, 0.2) is 6.29 Å². The average Bonchev–Trinajstić information content (AvgIpc) is 2.07. The maximum atomic E-state index is 9.29. The second-order valence-electron chi connectivity index (χ2n) is 3.20. The van der Waals surface area contributed by atoms with E-state index >= 15 is 0 Å². The van der Waals surface area contributed by atoms with Gasteiger partial charge in [0, 0.05) is 0 Å². The Morgan fingerprint density at radius 1 is 1.00 bits per heavy atom. The van der Waals surface area contributed by atoms with Crippen LogP contribution in [0, 0.1) is 0 Å². The quantitative estimate of drug-likeness (QED) is 0.308. The van der Waals surface area contributed by atoms with Crippen molar-refractivity contribution in [2.24, 2.45) is 0 Å². The molecule has 0 aromatic rings. The summed E-state index contributed by atoms with van der Waals surface area (Å²) in [6.07, 6.45) is -8.18. The smallest absolute Gasteiger partial charge is 0.184 e. The molecular formula is C7H14O6. The van der Waals surface area contributed by atoms with Gasteiger partial charge in [-0.25, -0.2) is 0 Å². The molecule has 0 aliphatic carbocycles. The fourth-order valence-electron chi connectivity index (χ4n) is 1.29. The minimum atomic E-state index is -1.59. The van der Waals surface area contributed by atoms with Gasteiger partial charge in [0.25, 0.3) is 0 Å². The van der Waals surface area contributed by atoms with Crippen LogP contribution >= 0.6 is 0 Å². The largest absolute Gasteiger partial charge is 0.391 e. The Morgan fingerprint density at radius 2 is 1.54 bits per heavy atom. The van der Waals surface area contributed by atoms with E-state index in [9.17, 15) is 10.2 Å². The van der Waals surface area contributed by atoms with Gasteiger partial charge < -0.3 is 30.3 Å². The fraction of sp³-hybridized carbons (Fsp3) is 1.00. The SMILES string of the molecule is C[C@@H](O)C1OC(O)C(O)[C@@H](O)[C@H]1O. The highest BCUT2D eigenvalue weighted by molar-refractivity contribution is 4.90. The zero-order chi connectivity index (χ0) is 10.2. The van der Waals surface area contributed by atoms with Gasteiger partial charge in [-0.15, -0.1) is 0 Å². The van der Waals surface area contributed by atoms with Crippen LogP contribution in [-0.2, 0) is 4.74 Å². The minimum absolute atomic E-state index is 1.04. The summed E-state index contributed by atoms with van der Waals surface area (Å²) in [7, 11) is 0. The van der Waals surface area contributed by atoms with Gasteiger partial charge in [-0.2, -0.15) is 0 Å². The summed E-state index contributed by atoms with van der Waals surface area (Å²) in [5, 5.41) is 45.6. The molecule has 5 N–H and O–H groups in total. The van der Waals surface area contributed by atoms with E-state index in [2.05, 4.69) is 4.74 Å². The van der Waals surface area contributed by atoms with Crippen molar-refractivity contribution in [1.29, 1.82) is 0 Å². The lowest BCUT2D eigenvalue weighted by molar-refractivity contribution is -0.295. The summed E-state index contributed by atoms with van der Waals surface area (Å²) in [5.74, 6) is 0. The van der Waals surface area contributed by atoms with E-state index in [0.29, 0.717) is 0 Å². The number of hydrogen-bond acceptors (Lipinski definition) is 6. The molecular weight excluding hydrogens is 180 g/mol. The molecule has 6 atom stereocenters. The van der Waals surface area contributed by atoms with Crippen LogP contribution in [0.5, 0.6) is 0 Å². The van der Waals surface area contributed by atoms with Gasteiger partial charge in [0.2, 0.25) is 0 Å². The van der Waals surface area contributed by atoms with Gasteiger partial charge >= 0.3 is 0 Å². The third-order valence-corrected chi connectivity index (χ3v) is 2.10. The lowest BCUT2D eigenvalue weighted by Crippen LogP contribution is -2.60. The van der Waals surface area contributed by atoms with Gasteiger partial charge in [-0.1, -0.05) is 0 Å². The molecule has 6 nitrogen and oxygen atoms in total. The second-order valence-corrected chi connectivity index (χ2v) is 3.20. The molecule has 1 rings (SSSR count). The summed E-state index contributed by atoms with van der Waals surface area (Å²) < 4.78 is 4.69. The van der Waals surface area contributed by atoms with Crippen molar-refractivity contribution in [2.45, 2.75) is 43.7 Å². The van der Waals surface area contributed by atoms with E-state index in [1.54, 1.807) is 0 Å². The molecule has 3 unspecified atom stereocenters. The van der Waals surface area contributed by atoms with Gasteiger partial charge in [0.1, 0.15) is 24.4 Å². The number of aliphatic hydroxyl groups is 5. The van der Waals surface area contributed by atoms with E-state index < -0.39 is 36.8 Å². The molecule has 1 aliphatic heterocycles. The van der Waals surface area contributed by atoms with Crippen molar-refractivity contribution in [3.8, 4) is 0 Å². The first kappa shape index (κ1) is 10.8. The van der Waals surface area contributed by atoms with Crippen molar-refractivity contribution in [3.05, 3.63) is 0 Å². The van der Waals surface area contributed by atoms with Crippen LogP contribution < -0.4 is 0 Å². The van der Waals surface area contributed by atoms with Gasteiger partial charge in [-0.3, -0.25) is 0 Å². The Morgan fingerprint density at radius 3 is 2.00 bits per heavy atom. The Labute approximate surface area is 75.0 Å². The molecule has 0 bridgehead atoms. The van der Waals surface area contributed by atoms with Crippen molar-refractivity contribution in [3.63, 3.8) is 0 Å². The Balaban J connectivity index is 2.70. The lowest BCUT2D eigenvalue weighted by Gasteiger charge is -2.39. The number of aliphatic hydroxyl groups excluding tert-OH is 5. The van der Waals surface area contributed by atoms with E-state index in [1.807, 2.05) is 0 Å². The molecule has 0 amide bonds. The topological polar surface area (TPSA) is 110 Å². The third-order valence-electron chi connectivity index (χ3n) is 2.10. The number of ether oxygens (including phenoxy) is 1. The fourth-order valence-corrected chi connectivity index (χ4v) is 1.29. The Hall–Kier alpha value is -0.240. The maximum Gasteiger partial charge on any atom is 0.184 e. The average molecular weight is 194 g/mol.